The Morgan fingerprint density at radius 2 is 1.95 bits per heavy atom. The van der Waals surface area contributed by atoms with Gasteiger partial charge in [0.1, 0.15) is 0 Å². The lowest BCUT2D eigenvalue weighted by molar-refractivity contribution is -0.137. The third-order valence-electron chi connectivity index (χ3n) is 3.37. The summed E-state index contributed by atoms with van der Waals surface area (Å²) in [6.07, 6.45) is -4.40. The predicted molar refractivity (Wildman–Crippen MR) is 70.8 cm³/mol. The molecule has 118 valence electrons. The molecule has 2 aromatic rings. The van der Waals surface area contributed by atoms with Gasteiger partial charge in [-0.2, -0.15) is 18.2 Å². The summed E-state index contributed by atoms with van der Waals surface area (Å²) in [7, 11) is 0. The maximum Gasteiger partial charge on any atom is 0.416 e. The first-order valence-corrected chi connectivity index (χ1v) is 6.83. The van der Waals surface area contributed by atoms with Crippen molar-refractivity contribution in [3.05, 3.63) is 35.7 Å². The molecule has 0 saturated carbocycles. The Balaban J connectivity index is 1.75. The lowest BCUT2D eigenvalue weighted by Crippen LogP contribution is -2.35. The Labute approximate surface area is 124 Å². The van der Waals surface area contributed by atoms with Gasteiger partial charge in [-0.15, -0.1) is 0 Å². The molecule has 22 heavy (non-hydrogen) atoms. The summed E-state index contributed by atoms with van der Waals surface area (Å²) in [5.41, 5.74) is -0.478. The van der Waals surface area contributed by atoms with E-state index in [0.717, 1.165) is 25.2 Å². The van der Waals surface area contributed by atoms with Crippen LogP contribution in [-0.4, -0.2) is 41.3 Å². The molecule has 0 radical (unpaired) electrons. The third kappa shape index (κ3) is 3.45. The second-order valence-electron chi connectivity index (χ2n) is 4.98. The van der Waals surface area contributed by atoms with Crippen molar-refractivity contribution >= 4 is 0 Å². The molecular formula is C14H14F3N3O2. The summed E-state index contributed by atoms with van der Waals surface area (Å²) >= 11 is 0. The van der Waals surface area contributed by atoms with E-state index in [2.05, 4.69) is 15.0 Å². The molecule has 0 aliphatic carbocycles. The molecule has 0 N–H and O–H groups in total. The van der Waals surface area contributed by atoms with Crippen molar-refractivity contribution in [2.45, 2.75) is 12.7 Å². The molecule has 0 atom stereocenters. The van der Waals surface area contributed by atoms with Crippen LogP contribution in [0.1, 0.15) is 11.4 Å². The summed E-state index contributed by atoms with van der Waals surface area (Å²) in [6.45, 7) is 3.34. The number of halogens is 3. The minimum absolute atomic E-state index is 0.0920. The van der Waals surface area contributed by atoms with Gasteiger partial charge in [-0.3, -0.25) is 4.90 Å². The first kappa shape index (κ1) is 15.0. The van der Waals surface area contributed by atoms with Crippen molar-refractivity contribution < 1.29 is 22.4 Å². The van der Waals surface area contributed by atoms with Crippen LogP contribution >= 0.6 is 0 Å². The number of ether oxygens (including phenoxy) is 1. The second kappa shape index (κ2) is 6.05. The fourth-order valence-electron chi connectivity index (χ4n) is 2.22. The van der Waals surface area contributed by atoms with Gasteiger partial charge in [-0.05, 0) is 18.2 Å². The van der Waals surface area contributed by atoms with Crippen molar-refractivity contribution in [3.63, 3.8) is 0 Å². The van der Waals surface area contributed by atoms with Crippen LogP contribution in [-0.2, 0) is 17.5 Å². The van der Waals surface area contributed by atoms with Gasteiger partial charge in [0.25, 0.3) is 5.89 Å². The molecule has 8 heteroatoms. The van der Waals surface area contributed by atoms with Crippen LogP contribution in [0.3, 0.4) is 0 Å². The predicted octanol–water partition coefficient (Wildman–Crippen LogP) is 2.59. The van der Waals surface area contributed by atoms with Crippen LogP contribution < -0.4 is 0 Å². The van der Waals surface area contributed by atoms with Gasteiger partial charge in [-0.1, -0.05) is 11.2 Å². The zero-order valence-electron chi connectivity index (χ0n) is 11.6. The van der Waals surface area contributed by atoms with E-state index in [-0.39, 0.29) is 11.5 Å². The molecule has 1 aliphatic heterocycles. The molecule has 0 amide bonds. The minimum atomic E-state index is -4.40. The number of alkyl halides is 3. The van der Waals surface area contributed by atoms with Crippen LogP contribution in [0.2, 0.25) is 0 Å². The smallest absolute Gasteiger partial charge is 0.379 e. The van der Waals surface area contributed by atoms with Gasteiger partial charge in [0.2, 0.25) is 0 Å². The summed E-state index contributed by atoms with van der Waals surface area (Å²) in [5, 5.41) is 3.83. The highest BCUT2D eigenvalue weighted by Crippen LogP contribution is 2.31. The van der Waals surface area contributed by atoms with E-state index in [1.54, 1.807) is 0 Å². The van der Waals surface area contributed by atoms with Gasteiger partial charge in [0.05, 0.1) is 25.3 Å². The maximum absolute atomic E-state index is 12.7. The molecule has 1 aliphatic rings. The molecular weight excluding hydrogens is 299 g/mol. The van der Waals surface area contributed by atoms with Crippen LogP contribution in [0.5, 0.6) is 0 Å². The van der Waals surface area contributed by atoms with E-state index in [1.807, 2.05) is 0 Å². The number of aromatic nitrogens is 2. The van der Waals surface area contributed by atoms with E-state index in [9.17, 15) is 13.2 Å². The Kier molecular flexibility index (Phi) is 4.12. The zero-order chi connectivity index (χ0) is 15.6. The van der Waals surface area contributed by atoms with Gasteiger partial charge in [0.15, 0.2) is 5.82 Å². The lowest BCUT2D eigenvalue weighted by Gasteiger charge is -2.24. The van der Waals surface area contributed by atoms with Gasteiger partial charge >= 0.3 is 6.18 Å². The average molecular weight is 313 g/mol. The van der Waals surface area contributed by atoms with Gasteiger partial charge in [-0.25, -0.2) is 0 Å². The highest BCUT2D eigenvalue weighted by atomic mass is 19.4. The molecule has 1 saturated heterocycles. The van der Waals surface area contributed by atoms with E-state index >= 15 is 0 Å². The lowest BCUT2D eigenvalue weighted by atomic mass is 10.1. The van der Waals surface area contributed by atoms with Crippen molar-refractivity contribution in [1.82, 2.24) is 15.0 Å². The van der Waals surface area contributed by atoms with Crippen LogP contribution in [0, 0.1) is 0 Å². The normalized spacial score (nSPS) is 16.9. The zero-order valence-corrected chi connectivity index (χ0v) is 11.6. The summed E-state index contributed by atoms with van der Waals surface area (Å²) in [4.78, 5) is 6.27. The number of benzene rings is 1. The second-order valence-corrected chi connectivity index (χ2v) is 4.98. The fourth-order valence-corrected chi connectivity index (χ4v) is 2.22. The van der Waals surface area contributed by atoms with E-state index in [1.165, 1.54) is 12.1 Å². The molecule has 0 bridgehead atoms. The maximum atomic E-state index is 12.7. The van der Waals surface area contributed by atoms with Gasteiger partial charge < -0.3 is 9.26 Å². The first-order chi connectivity index (χ1) is 10.5. The quantitative estimate of drug-likeness (QED) is 0.872. The molecule has 3 rings (SSSR count). The molecule has 0 unspecified atom stereocenters. The van der Waals surface area contributed by atoms with Crippen LogP contribution in [0.15, 0.2) is 28.8 Å². The number of hydrogen-bond donors (Lipinski definition) is 0. The van der Waals surface area contributed by atoms with E-state index < -0.39 is 11.7 Å². The molecule has 2 heterocycles. The molecule has 0 spiro atoms. The minimum Gasteiger partial charge on any atom is -0.379 e. The summed E-state index contributed by atoms with van der Waals surface area (Å²) in [6, 6.07) is 4.85. The Bertz CT molecular complexity index is 636. The number of hydrogen-bond acceptors (Lipinski definition) is 5. The van der Waals surface area contributed by atoms with Crippen LogP contribution in [0.25, 0.3) is 11.5 Å². The van der Waals surface area contributed by atoms with Crippen molar-refractivity contribution in [2.75, 3.05) is 26.3 Å². The van der Waals surface area contributed by atoms with Crippen molar-refractivity contribution in [2.24, 2.45) is 0 Å². The molecule has 1 aromatic carbocycles. The monoisotopic (exact) mass is 313 g/mol. The van der Waals surface area contributed by atoms with Crippen molar-refractivity contribution in [1.29, 1.82) is 0 Å². The topological polar surface area (TPSA) is 51.4 Å². The fraction of sp³-hybridized carbons (Fsp3) is 0.429. The largest absolute Gasteiger partial charge is 0.416 e. The Hall–Kier alpha value is -1.93. The third-order valence-corrected chi connectivity index (χ3v) is 3.37. The SMILES string of the molecule is FC(F)(F)c1cccc(-c2nc(CN3CCOCC3)no2)c1. The Morgan fingerprint density at radius 3 is 2.68 bits per heavy atom. The van der Waals surface area contributed by atoms with Crippen LogP contribution in [0.4, 0.5) is 13.2 Å². The van der Waals surface area contributed by atoms with Crippen molar-refractivity contribution in [3.8, 4) is 11.5 Å². The molecule has 5 nitrogen and oxygen atoms in total. The summed E-state index contributed by atoms with van der Waals surface area (Å²) < 4.78 is 48.5. The van der Waals surface area contributed by atoms with E-state index in [4.69, 9.17) is 9.26 Å². The first-order valence-electron chi connectivity index (χ1n) is 6.83. The highest BCUT2D eigenvalue weighted by molar-refractivity contribution is 5.54. The van der Waals surface area contributed by atoms with Gasteiger partial charge in [0, 0.05) is 18.7 Å². The van der Waals surface area contributed by atoms with E-state index in [0.29, 0.717) is 25.6 Å². The average Bonchev–Trinajstić information content (AvgIpc) is 2.96. The molecule has 1 aromatic heterocycles. The summed E-state index contributed by atoms with van der Waals surface area (Å²) in [5.74, 6) is 0.545. The highest BCUT2D eigenvalue weighted by Gasteiger charge is 2.30. The molecule has 1 fully saturated rings. The standard InChI is InChI=1S/C14H14F3N3O2/c15-14(16,17)11-3-1-2-10(8-11)13-18-12(19-22-13)9-20-4-6-21-7-5-20/h1-3,8H,4-7,9H2. The number of morpholine rings is 1. The number of rotatable bonds is 3. The number of nitrogens with zero attached hydrogens (tertiary/aromatic N) is 3. The Morgan fingerprint density at radius 1 is 1.18 bits per heavy atom.